The van der Waals surface area contributed by atoms with Crippen LogP contribution in [0.25, 0.3) is 0 Å². The summed E-state index contributed by atoms with van der Waals surface area (Å²) in [6.45, 7) is 8.86. The average molecular weight is 357 g/mol. The van der Waals surface area contributed by atoms with Crippen LogP contribution in [0.15, 0.2) is 29.2 Å². The Balaban J connectivity index is 1.63. The molecule has 0 saturated heterocycles. The summed E-state index contributed by atoms with van der Waals surface area (Å²) in [5, 5.41) is 7.53. The van der Waals surface area contributed by atoms with Crippen molar-refractivity contribution in [1.29, 1.82) is 0 Å². The van der Waals surface area contributed by atoms with Crippen molar-refractivity contribution in [3.8, 4) is 0 Å². The zero-order valence-electron chi connectivity index (χ0n) is 15.7. The molecular formula is C19H27N5O2. The van der Waals surface area contributed by atoms with Crippen LogP contribution < -0.4 is 10.9 Å². The summed E-state index contributed by atoms with van der Waals surface area (Å²) < 4.78 is 3.46. The summed E-state index contributed by atoms with van der Waals surface area (Å²) in [6, 6.07) is 5.03. The Morgan fingerprint density at radius 2 is 2.12 bits per heavy atom. The third kappa shape index (κ3) is 4.40. The molecular weight excluding hydrogens is 330 g/mol. The molecule has 7 nitrogen and oxygen atoms in total. The van der Waals surface area contributed by atoms with Gasteiger partial charge in [-0.3, -0.25) is 19.2 Å². The van der Waals surface area contributed by atoms with Crippen LogP contribution in [0.3, 0.4) is 0 Å². The topological polar surface area (TPSA) is 72.2 Å². The molecule has 3 heterocycles. The van der Waals surface area contributed by atoms with E-state index in [2.05, 4.69) is 39.9 Å². The lowest BCUT2D eigenvalue weighted by Gasteiger charge is -2.21. The Morgan fingerprint density at radius 3 is 2.85 bits per heavy atom. The van der Waals surface area contributed by atoms with Gasteiger partial charge in [-0.1, -0.05) is 13.8 Å². The van der Waals surface area contributed by atoms with Gasteiger partial charge in [-0.2, -0.15) is 5.10 Å². The highest BCUT2D eigenvalue weighted by molar-refractivity contribution is 5.93. The van der Waals surface area contributed by atoms with Crippen molar-refractivity contribution in [2.45, 2.75) is 39.9 Å². The van der Waals surface area contributed by atoms with Gasteiger partial charge in [0.05, 0.1) is 23.5 Å². The zero-order chi connectivity index (χ0) is 18.7. The second-order valence-corrected chi connectivity index (χ2v) is 7.38. The van der Waals surface area contributed by atoms with Gasteiger partial charge >= 0.3 is 0 Å². The van der Waals surface area contributed by atoms with Crippen LogP contribution in [-0.4, -0.2) is 38.2 Å². The Bertz CT molecular complexity index is 837. The summed E-state index contributed by atoms with van der Waals surface area (Å²) >= 11 is 0. The average Bonchev–Trinajstić information content (AvgIpc) is 2.87. The molecule has 1 aliphatic rings. The van der Waals surface area contributed by atoms with E-state index in [4.69, 9.17) is 0 Å². The zero-order valence-corrected chi connectivity index (χ0v) is 15.7. The van der Waals surface area contributed by atoms with Crippen molar-refractivity contribution in [2.24, 2.45) is 13.0 Å². The first-order valence-corrected chi connectivity index (χ1v) is 9.15. The molecule has 0 spiro atoms. The molecule has 7 heteroatoms. The number of nitrogens with one attached hydrogen (secondary N) is 1. The minimum Gasteiger partial charge on any atom is -0.346 e. The fourth-order valence-electron chi connectivity index (χ4n) is 3.35. The molecule has 2 aromatic rings. The van der Waals surface area contributed by atoms with E-state index in [1.54, 1.807) is 19.3 Å². The van der Waals surface area contributed by atoms with Gasteiger partial charge in [0, 0.05) is 45.5 Å². The molecule has 0 aliphatic carbocycles. The standard InChI is InChI=1S/C19H27N5O2/c1-14(2)11-23-7-4-8-24-17(13-23)9-16(21-24)10-20-19(26)15-5-6-18(25)22(3)12-15/h5-6,9,12,14H,4,7-8,10-11,13H2,1-3H3,(H,20,26). The monoisotopic (exact) mass is 357 g/mol. The van der Waals surface area contributed by atoms with Gasteiger partial charge in [-0.25, -0.2) is 0 Å². The number of hydrogen-bond donors (Lipinski definition) is 1. The number of aryl methyl sites for hydroxylation is 2. The third-order valence-corrected chi connectivity index (χ3v) is 4.55. The lowest BCUT2D eigenvalue weighted by Crippen LogP contribution is -2.27. The Morgan fingerprint density at radius 1 is 1.31 bits per heavy atom. The summed E-state index contributed by atoms with van der Waals surface area (Å²) in [4.78, 5) is 26.2. The van der Waals surface area contributed by atoms with E-state index in [1.165, 1.54) is 16.3 Å². The van der Waals surface area contributed by atoms with Crippen molar-refractivity contribution in [3.63, 3.8) is 0 Å². The molecule has 0 bridgehead atoms. The third-order valence-electron chi connectivity index (χ3n) is 4.55. The minimum atomic E-state index is -0.203. The van der Waals surface area contributed by atoms with Gasteiger partial charge in [0.2, 0.25) is 5.56 Å². The maximum Gasteiger partial charge on any atom is 0.253 e. The largest absolute Gasteiger partial charge is 0.346 e. The van der Waals surface area contributed by atoms with Crippen molar-refractivity contribution in [2.75, 3.05) is 13.1 Å². The maximum absolute atomic E-state index is 12.3. The van der Waals surface area contributed by atoms with Gasteiger partial charge in [0.1, 0.15) is 0 Å². The first kappa shape index (κ1) is 18.4. The molecule has 2 aromatic heterocycles. The van der Waals surface area contributed by atoms with E-state index >= 15 is 0 Å². The molecule has 0 saturated carbocycles. The smallest absolute Gasteiger partial charge is 0.253 e. The molecule has 0 atom stereocenters. The quantitative estimate of drug-likeness (QED) is 0.877. The predicted octanol–water partition coefficient (Wildman–Crippen LogP) is 1.37. The fourth-order valence-corrected chi connectivity index (χ4v) is 3.35. The Kier molecular flexibility index (Phi) is 5.56. The van der Waals surface area contributed by atoms with E-state index in [-0.39, 0.29) is 11.5 Å². The van der Waals surface area contributed by atoms with Gasteiger partial charge < -0.3 is 9.88 Å². The number of pyridine rings is 1. The molecule has 3 rings (SSSR count). The van der Waals surface area contributed by atoms with E-state index in [9.17, 15) is 9.59 Å². The molecule has 1 aliphatic heterocycles. The highest BCUT2D eigenvalue weighted by Gasteiger charge is 2.17. The highest BCUT2D eigenvalue weighted by Crippen LogP contribution is 2.15. The normalized spacial score (nSPS) is 14.9. The van der Waals surface area contributed by atoms with Crippen molar-refractivity contribution in [1.82, 2.24) is 24.6 Å². The number of carbonyl (C=O) groups excluding carboxylic acids is 1. The minimum absolute atomic E-state index is 0.134. The van der Waals surface area contributed by atoms with Crippen molar-refractivity contribution in [3.05, 3.63) is 51.7 Å². The number of amides is 1. The summed E-state index contributed by atoms with van der Waals surface area (Å²) in [5.74, 6) is 0.440. The van der Waals surface area contributed by atoms with Crippen LogP contribution in [-0.2, 0) is 26.7 Å². The van der Waals surface area contributed by atoms with Gasteiger partial charge in [-0.15, -0.1) is 0 Å². The predicted molar refractivity (Wildman–Crippen MR) is 99.8 cm³/mol. The van der Waals surface area contributed by atoms with Crippen LogP contribution in [0, 0.1) is 5.92 Å². The summed E-state index contributed by atoms with van der Waals surface area (Å²) in [7, 11) is 1.63. The van der Waals surface area contributed by atoms with E-state index in [1.807, 2.05) is 0 Å². The highest BCUT2D eigenvalue weighted by atomic mass is 16.2. The fraction of sp³-hybridized carbons (Fsp3) is 0.526. The van der Waals surface area contributed by atoms with Crippen LogP contribution in [0.5, 0.6) is 0 Å². The van der Waals surface area contributed by atoms with E-state index in [0.717, 1.165) is 38.3 Å². The SMILES string of the molecule is CC(C)CN1CCCn2nc(CNC(=O)c3ccc(=O)n(C)c3)cc2C1. The molecule has 0 unspecified atom stereocenters. The first-order valence-electron chi connectivity index (χ1n) is 9.15. The Hall–Kier alpha value is -2.41. The number of aromatic nitrogens is 3. The van der Waals surface area contributed by atoms with Gasteiger partial charge in [0.25, 0.3) is 5.91 Å². The van der Waals surface area contributed by atoms with Crippen molar-refractivity contribution < 1.29 is 4.79 Å². The second-order valence-electron chi connectivity index (χ2n) is 7.38. The molecule has 0 radical (unpaired) electrons. The van der Waals surface area contributed by atoms with Gasteiger partial charge in [0.15, 0.2) is 0 Å². The Labute approximate surface area is 153 Å². The molecule has 140 valence electrons. The van der Waals surface area contributed by atoms with Crippen LogP contribution in [0.2, 0.25) is 0 Å². The van der Waals surface area contributed by atoms with Crippen LogP contribution in [0.4, 0.5) is 0 Å². The number of rotatable bonds is 5. The maximum atomic E-state index is 12.3. The van der Waals surface area contributed by atoms with Crippen LogP contribution >= 0.6 is 0 Å². The molecule has 0 aromatic carbocycles. The number of hydrogen-bond acceptors (Lipinski definition) is 4. The molecule has 26 heavy (non-hydrogen) atoms. The number of nitrogens with zero attached hydrogens (tertiary/aromatic N) is 4. The van der Waals surface area contributed by atoms with Gasteiger partial charge in [-0.05, 0) is 24.5 Å². The van der Waals surface area contributed by atoms with E-state index < -0.39 is 0 Å². The van der Waals surface area contributed by atoms with Crippen LogP contribution in [0.1, 0.15) is 42.0 Å². The lowest BCUT2D eigenvalue weighted by atomic mass is 10.2. The molecule has 0 fully saturated rings. The number of fused-ring (bicyclic) bond motifs is 1. The first-order chi connectivity index (χ1) is 12.4. The lowest BCUT2D eigenvalue weighted by molar-refractivity contribution is 0.0949. The summed E-state index contributed by atoms with van der Waals surface area (Å²) in [6.07, 6.45) is 2.63. The molecule has 1 N–H and O–H groups in total. The van der Waals surface area contributed by atoms with E-state index in [0.29, 0.717) is 18.0 Å². The van der Waals surface area contributed by atoms with Crippen molar-refractivity contribution >= 4 is 5.91 Å². The summed E-state index contributed by atoms with van der Waals surface area (Å²) in [5.41, 5.74) is 2.40. The second kappa shape index (κ2) is 7.86. The number of carbonyl (C=O) groups is 1. The molecule has 1 amide bonds.